The molecule has 0 aromatic heterocycles. The van der Waals surface area contributed by atoms with Crippen LogP contribution in [-0.2, 0) is 11.3 Å². The number of rotatable bonds is 8. The van der Waals surface area contributed by atoms with E-state index in [9.17, 15) is 4.39 Å². The topological polar surface area (TPSA) is 21.3 Å². The molecule has 2 aromatic carbocycles. The number of aryl methyl sites for hydroxylation is 1. The summed E-state index contributed by atoms with van der Waals surface area (Å²) in [5, 5.41) is 3.55. The molecular weight excluding hydrogens is 349 g/mol. The fourth-order valence-corrected chi connectivity index (χ4v) is 4.34. The van der Waals surface area contributed by atoms with Gasteiger partial charge in [0.15, 0.2) is 0 Å². The van der Waals surface area contributed by atoms with Crippen LogP contribution in [-0.4, -0.2) is 18.8 Å². The van der Waals surface area contributed by atoms with Gasteiger partial charge in [0.05, 0.1) is 5.60 Å². The van der Waals surface area contributed by atoms with Crippen molar-refractivity contribution in [3.05, 3.63) is 71.0 Å². The number of halogens is 1. The van der Waals surface area contributed by atoms with Crippen molar-refractivity contribution in [1.82, 2.24) is 5.32 Å². The molecule has 1 heterocycles. The van der Waals surface area contributed by atoms with Crippen LogP contribution in [0.25, 0.3) is 0 Å². The molecule has 1 N–H and O–H groups in total. The Kier molecular flexibility index (Phi) is 7.25. The molecule has 1 saturated heterocycles. The summed E-state index contributed by atoms with van der Waals surface area (Å²) >= 11 is 0. The molecule has 0 unspecified atom stereocenters. The Morgan fingerprint density at radius 3 is 2.54 bits per heavy atom. The Morgan fingerprint density at radius 1 is 1.14 bits per heavy atom. The zero-order chi connectivity index (χ0) is 20.0. The number of hydrogen-bond donors (Lipinski definition) is 1. The average Bonchev–Trinajstić information content (AvgIpc) is 2.70. The molecule has 0 radical (unpaired) electrons. The van der Waals surface area contributed by atoms with Gasteiger partial charge in [0.1, 0.15) is 5.82 Å². The highest BCUT2D eigenvalue weighted by molar-refractivity contribution is 5.25. The maximum Gasteiger partial charge on any atom is 0.123 e. The Hall–Kier alpha value is -1.71. The van der Waals surface area contributed by atoms with Crippen LogP contribution in [0.15, 0.2) is 48.5 Å². The first-order chi connectivity index (χ1) is 13.5. The van der Waals surface area contributed by atoms with Crippen LogP contribution in [0.3, 0.4) is 0 Å². The van der Waals surface area contributed by atoms with Crippen LogP contribution in [0.5, 0.6) is 0 Å². The van der Waals surface area contributed by atoms with Gasteiger partial charge >= 0.3 is 0 Å². The van der Waals surface area contributed by atoms with E-state index in [1.54, 1.807) is 0 Å². The third kappa shape index (κ3) is 5.65. The summed E-state index contributed by atoms with van der Waals surface area (Å²) in [5.74, 6) is 1.01. The lowest BCUT2D eigenvalue weighted by molar-refractivity contribution is -0.0915. The normalized spacial score (nSPS) is 23.5. The molecule has 28 heavy (non-hydrogen) atoms. The highest BCUT2D eigenvalue weighted by atomic mass is 19.1. The molecule has 0 saturated carbocycles. The Balaban J connectivity index is 1.64. The standard InChI is InChI=1S/C25H34FNO/c1-4-25(3)17-22(14-16-28-25)24(21-9-5-19(2)6-10-21)13-15-27-18-20-7-11-23(26)12-8-20/h5-12,22,24,27H,4,13-18H2,1-3H3/t22-,24-,25-/m1/s1. The van der Waals surface area contributed by atoms with Crippen molar-refractivity contribution in [3.8, 4) is 0 Å². The van der Waals surface area contributed by atoms with Gasteiger partial charge in [-0.1, -0.05) is 48.9 Å². The summed E-state index contributed by atoms with van der Waals surface area (Å²) in [6.45, 7) is 9.23. The third-order valence-corrected chi connectivity index (χ3v) is 6.33. The molecule has 3 atom stereocenters. The largest absolute Gasteiger partial charge is 0.375 e. The zero-order valence-corrected chi connectivity index (χ0v) is 17.5. The van der Waals surface area contributed by atoms with Gasteiger partial charge in [-0.25, -0.2) is 4.39 Å². The number of benzene rings is 2. The fraction of sp³-hybridized carbons (Fsp3) is 0.520. The molecule has 0 amide bonds. The van der Waals surface area contributed by atoms with Gasteiger partial charge in [0.2, 0.25) is 0 Å². The summed E-state index contributed by atoms with van der Waals surface area (Å²) in [6, 6.07) is 15.8. The van der Waals surface area contributed by atoms with Gasteiger partial charge in [0.25, 0.3) is 0 Å². The maximum atomic E-state index is 13.1. The smallest absolute Gasteiger partial charge is 0.123 e. The second-order valence-corrected chi connectivity index (χ2v) is 8.51. The quantitative estimate of drug-likeness (QED) is 0.565. The molecule has 0 aliphatic carbocycles. The summed E-state index contributed by atoms with van der Waals surface area (Å²) in [7, 11) is 0. The molecule has 0 bridgehead atoms. The van der Waals surface area contributed by atoms with Crippen LogP contribution in [0.1, 0.15) is 62.1 Å². The first kappa shape index (κ1) is 21.0. The van der Waals surface area contributed by atoms with Crippen LogP contribution in [0, 0.1) is 18.7 Å². The van der Waals surface area contributed by atoms with Crippen molar-refractivity contribution in [2.45, 2.75) is 64.5 Å². The highest BCUT2D eigenvalue weighted by Gasteiger charge is 2.35. The highest BCUT2D eigenvalue weighted by Crippen LogP contribution is 2.41. The minimum Gasteiger partial charge on any atom is -0.375 e. The molecule has 1 aliphatic heterocycles. The lowest BCUT2D eigenvalue weighted by atomic mass is 9.74. The number of hydrogen-bond acceptors (Lipinski definition) is 2. The van der Waals surface area contributed by atoms with Crippen LogP contribution < -0.4 is 5.32 Å². The van der Waals surface area contributed by atoms with Crippen molar-refractivity contribution >= 4 is 0 Å². The molecule has 1 fully saturated rings. The average molecular weight is 384 g/mol. The Morgan fingerprint density at radius 2 is 1.86 bits per heavy atom. The summed E-state index contributed by atoms with van der Waals surface area (Å²) < 4.78 is 19.2. The SMILES string of the molecule is CC[C@]1(C)C[C@H]([C@H](CCNCc2ccc(F)cc2)c2ccc(C)cc2)CCO1. The molecule has 152 valence electrons. The van der Waals surface area contributed by atoms with Crippen LogP contribution in [0.4, 0.5) is 4.39 Å². The monoisotopic (exact) mass is 383 g/mol. The van der Waals surface area contributed by atoms with Crippen molar-refractivity contribution in [2.75, 3.05) is 13.2 Å². The first-order valence-electron chi connectivity index (χ1n) is 10.6. The second kappa shape index (κ2) is 9.67. The lowest BCUT2D eigenvalue weighted by Gasteiger charge is -2.41. The van der Waals surface area contributed by atoms with Crippen molar-refractivity contribution in [2.24, 2.45) is 5.92 Å². The van der Waals surface area contributed by atoms with Crippen LogP contribution in [0.2, 0.25) is 0 Å². The molecular formula is C25H34FNO. The van der Waals surface area contributed by atoms with Crippen LogP contribution >= 0.6 is 0 Å². The number of ether oxygens (including phenoxy) is 1. The Bertz CT molecular complexity index is 727. The van der Waals surface area contributed by atoms with Gasteiger partial charge in [-0.2, -0.15) is 0 Å². The summed E-state index contributed by atoms with van der Waals surface area (Å²) in [5.41, 5.74) is 3.88. The minimum atomic E-state index is -0.179. The summed E-state index contributed by atoms with van der Waals surface area (Å²) in [4.78, 5) is 0. The first-order valence-corrected chi connectivity index (χ1v) is 10.6. The van der Waals surface area contributed by atoms with E-state index in [1.807, 2.05) is 12.1 Å². The predicted octanol–water partition coefficient (Wildman–Crippen LogP) is 5.99. The van der Waals surface area contributed by atoms with E-state index in [1.165, 1.54) is 23.3 Å². The molecule has 3 rings (SSSR count). The van der Waals surface area contributed by atoms with E-state index in [0.29, 0.717) is 11.8 Å². The Labute approximate surface area is 169 Å². The zero-order valence-electron chi connectivity index (χ0n) is 17.5. The minimum absolute atomic E-state index is 0.00735. The van der Waals surface area contributed by atoms with Crippen molar-refractivity contribution in [1.29, 1.82) is 0 Å². The van der Waals surface area contributed by atoms with Gasteiger partial charge in [0, 0.05) is 13.2 Å². The maximum absolute atomic E-state index is 13.1. The molecule has 2 aromatic rings. The molecule has 2 nitrogen and oxygen atoms in total. The van der Waals surface area contributed by atoms with Gasteiger partial charge in [-0.3, -0.25) is 0 Å². The van der Waals surface area contributed by atoms with Gasteiger partial charge in [-0.15, -0.1) is 0 Å². The number of nitrogens with one attached hydrogen (secondary N) is 1. The molecule has 1 aliphatic rings. The fourth-order valence-electron chi connectivity index (χ4n) is 4.34. The predicted molar refractivity (Wildman–Crippen MR) is 114 cm³/mol. The van der Waals surface area contributed by atoms with E-state index in [-0.39, 0.29) is 11.4 Å². The van der Waals surface area contributed by atoms with E-state index < -0.39 is 0 Å². The summed E-state index contributed by atoms with van der Waals surface area (Å²) in [6.07, 6.45) is 4.42. The molecule has 0 spiro atoms. The third-order valence-electron chi connectivity index (χ3n) is 6.33. The van der Waals surface area contributed by atoms with E-state index in [4.69, 9.17) is 4.74 Å². The van der Waals surface area contributed by atoms with Gasteiger partial charge < -0.3 is 10.1 Å². The van der Waals surface area contributed by atoms with Gasteiger partial charge in [-0.05, 0) is 81.2 Å². The van der Waals surface area contributed by atoms with E-state index >= 15 is 0 Å². The lowest BCUT2D eigenvalue weighted by Crippen LogP contribution is -2.38. The van der Waals surface area contributed by atoms with Crippen molar-refractivity contribution in [3.63, 3.8) is 0 Å². The van der Waals surface area contributed by atoms with Crippen molar-refractivity contribution < 1.29 is 9.13 Å². The van der Waals surface area contributed by atoms with E-state index in [2.05, 4.69) is 50.4 Å². The molecule has 3 heteroatoms. The second-order valence-electron chi connectivity index (χ2n) is 8.51. The van der Waals surface area contributed by atoms with E-state index in [0.717, 1.165) is 50.9 Å².